The number of aryl methyl sites for hydroxylation is 1. The molecule has 9 nitrogen and oxygen atoms in total. The van der Waals surface area contributed by atoms with Gasteiger partial charge in [-0.25, -0.2) is 9.18 Å². The first-order valence-electron chi connectivity index (χ1n) is 11.3. The van der Waals surface area contributed by atoms with Crippen molar-refractivity contribution in [2.24, 2.45) is 0 Å². The van der Waals surface area contributed by atoms with E-state index < -0.39 is 23.7 Å². The Labute approximate surface area is 221 Å². The van der Waals surface area contributed by atoms with Crippen molar-refractivity contribution >= 4 is 40.6 Å². The van der Waals surface area contributed by atoms with Gasteiger partial charge in [0.15, 0.2) is 0 Å². The van der Waals surface area contributed by atoms with Crippen LogP contribution in [0.15, 0.2) is 72.2 Å². The topological polar surface area (TPSA) is 110 Å². The number of hydrogen-bond acceptors (Lipinski definition) is 7. The maximum Gasteiger partial charge on any atom is 0.329 e. The Kier molecular flexibility index (Phi) is 7.97. The maximum atomic E-state index is 13.9. The van der Waals surface area contributed by atoms with Crippen molar-refractivity contribution in [1.29, 1.82) is 0 Å². The zero-order chi connectivity index (χ0) is 27.2. The predicted molar refractivity (Wildman–Crippen MR) is 142 cm³/mol. The van der Waals surface area contributed by atoms with Crippen LogP contribution in [0.1, 0.15) is 22.2 Å². The standard InChI is InChI=1S/C27H23FN4O5S/c1-16-4-9-22(28)24(12-16)31-27(35)30-19-5-7-20(8-6-19)36-21-10-11-29-23(14-21)18-13-25(38-15-18)26(34)32(3)37-17(2)33/h4-15H,1-3H3,(H2,30,31,35). The van der Waals surface area contributed by atoms with E-state index in [1.807, 2.05) is 0 Å². The van der Waals surface area contributed by atoms with Gasteiger partial charge in [-0.3, -0.25) is 14.6 Å². The van der Waals surface area contributed by atoms with Gasteiger partial charge in [0.1, 0.15) is 17.3 Å². The Morgan fingerprint density at radius 2 is 1.74 bits per heavy atom. The number of halogens is 1. The van der Waals surface area contributed by atoms with Crippen LogP contribution in [0.4, 0.5) is 20.6 Å². The number of benzene rings is 2. The van der Waals surface area contributed by atoms with Crippen molar-refractivity contribution < 1.29 is 28.3 Å². The number of nitrogens with zero attached hydrogens (tertiary/aromatic N) is 2. The molecular weight excluding hydrogens is 511 g/mol. The first kappa shape index (κ1) is 26.3. The normalized spacial score (nSPS) is 10.4. The van der Waals surface area contributed by atoms with E-state index in [1.54, 1.807) is 73.1 Å². The maximum absolute atomic E-state index is 13.9. The largest absolute Gasteiger partial charge is 0.457 e. The molecule has 0 aliphatic carbocycles. The van der Waals surface area contributed by atoms with E-state index in [4.69, 9.17) is 9.57 Å². The van der Waals surface area contributed by atoms with Crippen LogP contribution in [-0.2, 0) is 9.63 Å². The zero-order valence-electron chi connectivity index (χ0n) is 20.7. The van der Waals surface area contributed by atoms with Gasteiger partial charge in [0.25, 0.3) is 5.91 Å². The minimum Gasteiger partial charge on any atom is -0.457 e. The van der Waals surface area contributed by atoms with Crippen LogP contribution in [0.2, 0.25) is 0 Å². The van der Waals surface area contributed by atoms with Crippen molar-refractivity contribution in [2.75, 3.05) is 17.7 Å². The predicted octanol–water partition coefficient (Wildman–Crippen LogP) is 6.24. The molecule has 0 aliphatic rings. The van der Waals surface area contributed by atoms with Crippen LogP contribution in [0, 0.1) is 12.7 Å². The Hall–Kier alpha value is -4.77. The number of anilines is 2. The molecule has 2 aromatic heterocycles. The van der Waals surface area contributed by atoms with E-state index in [0.29, 0.717) is 33.3 Å². The fourth-order valence-corrected chi connectivity index (χ4v) is 4.23. The van der Waals surface area contributed by atoms with Gasteiger partial charge in [0.05, 0.1) is 16.3 Å². The lowest BCUT2D eigenvalue weighted by atomic mass is 10.2. The van der Waals surface area contributed by atoms with E-state index in [9.17, 15) is 18.8 Å². The molecule has 38 heavy (non-hydrogen) atoms. The molecule has 4 rings (SSSR count). The summed E-state index contributed by atoms with van der Waals surface area (Å²) in [5, 5.41) is 7.80. The molecule has 3 amide bonds. The number of pyridine rings is 1. The third-order valence-corrected chi connectivity index (χ3v) is 6.03. The number of aromatic nitrogens is 1. The van der Waals surface area contributed by atoms with Gasteiger partial charge < -0.3 is 20.2 Å². The van der Waals surface area contributed by atoms with Crippen molar-refractivity contribution in [1.82, 2.24) is 10.0 Å². The van der Waals surface area contributed by atoms with Gasteiger partial charge in [-0.05, 0) is 61.0 Å². The fraction of sp³-hybridized carbons (Fsp3) is 0.111. The summed E-state index contributed by atoms with van der Waals surface area (Å²) in [7, 11) is 1.37. The number of carbonyl (C=O) groups excluding carboxylic acids is 3. The number of hydrogen-bond donors (Lipinski definition) is 2. The van der Waals surface area contributed by atoms with Crippen LogP contribution in [0.5, 0.6) is 11.5 Å². The monoisotopic (exact) mass is 534 g/mol. The molecule has 0 spiro atoms. The summed E-state index contributed by atoms with van der Waals surface area (Å²) in [5.74, 6) is -0.531. The number of hydroxylamine groups is 2. The van der Waals surface area contributed by atoms with Gasteiger partial charge in [-0.1, -0.05) is 6.07 Å². The quantitative estimate of drug-likeness (QED) is 0.283. The number of ether oxygens (including phenoxy) is 1. The number of urea groups is 1. The van der Waals surface area contributed by atoms with E-state index in [-0.39, 0.29) is 5.69 Å². The fourth-order valence-electron chi connectivity index (χ4n) is 3.37. The van der Waals surface area contributed by atoms with Crippen LogP contribution in [0.25, 0.3) is 11.3 Å². The highest BCUT2D eigenvalue weighted by molar-refractivity contribution is 7.12. The van der Waals surface area contributed by atoms with Crippen LogP contribution < -0.4 is 15.4 Å². The molecule has 2 heterocycles. The summed E-state index contributed by atoms with van der Waals surface area (Å²) < 4.78 is 19.8. The van der Waals surface area contributed by atoms with E-state index >= 15 is 0 Å². The van der Waals surface area contributed by atoms with Crippen molar-refractivity contribution in [3.63, 3.8) is 0 Å². The van der Waals surface area contributed by atoms with Crippen molar-refractivity contribution in [3.8, 4) is 22.8 Å². The minimum atomic E-state index is -0.589. The van der Waals surface area contributed by atoms with Crippen molar-refractivity contribution in [2.45, 2.75) is 13.8 Å². The number of carbonyl (C=O) groups is 3. The summed E-state index contributed by atoms with van der Waals surface area (Å²) in [6.07, 6.45) is 1.58. The Balaban J connectivity index is 1.38. The number of amides is 3. The van der Waals surface area contributed by atoms with Crippen molar-refractivity contribution in [3.05, 3.63) is 88.5 Å². The number of rotatable bonds is 6. The highest BCUT2D eigenvalue weighted by Crippen LogP contribution is 2.29. The summed E-state index contributed by atoms with van der Waals surface area (Å²) in [4.78, 5) is 45.3. The van der Waals surface area contributed by atoms with Gasteiger partial charge in [-0.15, -0.1) is 11.3 Å². The second-order valence-corrected chi connectivity index (χ2v) is 9.06. The molecule has 0 saturated carbocycles. The molecule has 0 saturated heterocycles. The van der Waals surface area contributed by atoms with E-state index in [2.05, 4.69) is 15.6 Å². The molecule has 11 heteroatoms. The average Bonchev–Trinajstić information content (AvgIpc) is 3.37. The second-order valence-electron chi connectivity index (χ2n) is 8.15. The highest BCUT2D eigenvalue weighted by atomic mass is 32.1. The van der Waals surface area contributed by atoms with E-state index in [1.165, 1.54) is 31.4 Å². The van der Waals surface area contributed by atoms with Gasteiger partial charge in [0, 0.05) is 42.9 Å². The zero-order valence-corrected chi connectivity index (χ0v) is 21.5. The van der Waals surface area contributed by atoms with Crippen LogP contribution >= 0.6 is 11.3 Å². The molecule has 0 atom stereocenters. The molecule has 2 N–H and O–H groups in total. The Morgan fingerprint density at radius 3 is 2.47 bits per heavy atom. The number of thiophene rings is 1. The second kappa shape index (κ2) is 11.5. The van der Waals surface area contributed by atoms with Gasteiger partial charge in [-0.2, -0.15) is 5.06 Å². The molecule has 0 unspecified atom stereocenters. The Morgan fingerprint density at radius 1 is 0.974 bits per heavy atom. The first-order chi connectivity index (χ1) is 18.2. The Bertz CT molecular complexity index is 1490. The van der Waals surface area contributed by atoms with Gasteiger partial charge in [0.2, 0.25) is 0 Å². The summed E-state index contributed by atoms with van der Waals surface area (Å²) in [6.45, 7) is 3.02. The van der Waals surface area contributed by atoms with Crippen LogP contribution in [0.3, 0.4) is 0 Å². The summed E-state index contributed by atoms with van der Waals surface area (Å²) in [5.41, 5.74) is 2.70. The molecule has 0 aliphatic heterocycles. The molecule has 0 bridgehead atoms. The lowest BCUT2D eigenvalue weighted by Gasteiger charge is -2.13. The molecular formula is C27H23FN4O5S. The SMILES string of the molecule is CC(=O)ON(C)C(=O)c1cc(-c2cc(Oc3ccc(NC(=O)Nc4cc(C)ccc4F)cc3)ccn2)cs1. The first-order valence-corrected chi connectivity index (χ1v) is 12.2. The molecule has 0 radical (unpaired) electrons. The summed E-state index contributed by atoms with van der Waals surface area (Å²) in [6, 6.07) is 15.6. The third-order valence-electron chi connectivity index (χ3n) is 5.11. The highest BCUT2D eigenvalue weighted by Gasteiger charge is 2.18. The number of nitrogens with one attached hydrogen (secondary N) is 2. The average molecular weight is 535 g/mol. The summed E-state index contributed by atoms with van der Waals surface area (Å²) >= 11 is 1.20. The van der Waals surface area contributed by atoms with Gasteiger partial charge >= 0.3 is 12.0 Å². The van der Waals surface area contributed by atoms with E-state index in [0.717, 1.165) is 10.6 Å². The third kappa shape index (κ3) is 6.71. The molecule has 0 fully saturated rings. The molecule has 2 aromatic carbocycles. The lowest BCUT2D eigenvalue weighted by Crippen LogP contribution is -2.28. The molecule has 4 aromatic rings. The smallest absolute Gasteiger partial charge is 0.329 e. The lowest BCUT2D eigenvalue weighted by molar-refractivity contribution is -0.170. The van der Waals surface area contributed by atoms with Crippen LogP contribution in [-0.4, -0.2) is 35.0 Å². The minimum absolute atomic E-state index is 0.0921. The molecule has 194 valence electrons.